The van der Waals surface area contributed by atoms with Gasteiger partial charge in [-0.2, -0.15) is 0 Å². The highest BCUT2D eigenvalue weighted by molar-refractivity contribution is 3.93. The summed E-state index contributed by atoms with van der Waals surface area (Å²) >= 11 is 0. The summed E-state index contributed by atoms with van der Waals surface area (Å²) in [6.07, 6.45) is 5.00. The van der Waals surface area contributed by atoms with Gasteiger partial charge in [0.1, 0.15) is 0 Å². The average molecular weight is 237 g/mol. The Morgan fingerprint density at radius 2 is 0.312 bits per heavy atom. The molecule has 0 aliphatic rings. The fraction of sp³-hybridized carbons (Fsp3) is 1.00. The molecule has 0 unspecified atom stereocenters. The molecule has 0 radical (unpaired) electrons. The molecule has 0 saturated carbocycles. The average Bonchev–Trinajstić information content (AvgIpc) is 2.27. The minimum absolute atomic E-state index is 1.25. The van der Waals surface area contributed by atoms with Crippen molar-refractivity contribution < 1.29 is 0 Å². The molecule has 0 amide bonds. The Bertz CT molecular complexity index is 8.00. The second-order valence-electron chi connectivity index (χ2n) is 2.83. The molecule has 0 spiro atoms. The van der Waals surface area contributed by atoms with Gasteiger partial charge in [0, 0.05) is 0 Å². The highest BCUT2D eigenvalue weighted by Crippen LogP contribution is 1.57. The summed E-state index contributed by atoms with van der Waals surface area (Å²) in [5, 5.41) is 0. The van der Waals surface area contributed by atoms with Gasteiger partial charge in [0.05, 0.1) is 0 Å². The lowest BCUT2D eigenvalue weighted by molar-refractivity contribution is 1.09. The monoisotopic (exact) mass is 236 g/mol. The largest absolute Gasteiger partial charge is 0.0683 e. The summed E-state index contributed by atoms with van der Waals surface area (Å²) in [5.74, 6) is 0. The molecule has 0 N–H and O–H groups in total. The lowest BCUT2D eigenvalue weighted by Gasteiger charge is -1.48. The highest BCUT2D eigenvalue weighted by atomic mass is 13.4. The SMILES string of the molecule is CC.CC.CCC.CCC.CCC.CCC. The predicted octanol–water partition coefficient (Wildman–Crippen LogP) is 7.72. The van der Waals surface area contributed by atoms with E-state index in [1.807, 2.05) is 27.7 Å². The summed E-state index contributed by atoms with van der Waals surface area (Å²) < 4.78 is 0. The van der Waals surface area contributed by atoms with Crippen molar-refractivity contribution in [1.82, 2.24) is 0 Å². The van der Waals surface area contributed by atoms with Crippen molar-refractivity contribution >= 4 is 0 Å². The lowest BCUT2D eigenvalue weighted by atomic mass is 10.6. The standard InChI is InChI=1S/4C3H8.2C2H6/c4*1-3-2;2*1-2/h4*3H2,1-2H3;2*1-2H3. The molecule has 0 aromatic rings. The maximum Gasteiger partial charge on any atom is -0.0590 e. The van der Waals surface area contributed by atoms with E-state index in [9.17, 15) is 0 Å². The van der Waals surface area contributed by atoms with Crippen LogP contribution in [0.3, 0.4) is 0 Å². The van der Waals surface area contributed by atoms with Crippen molar-refractivity contribution in [1.29, 1.82) is 0 Å². The third-order valence-corrected chi connectivity index (χ3v) is 0. The predicted molar refractivity (Wildman–Crippen MR) is 86.6 cm³/mol. The van der Waals surface area contributed by atoms with Crippen LogP contribution in [0, 0.1) is 0 Å². The van der Waals surface area contributed by atoms with Gasteiger partial charge in [0.2, 0.25) is 0 Å². The van der Waals surface area contributed by atoms with Crippen LogP contribution in [-0.4, -0.2) is 0 Å². The molecule has 0 aromatic carbocycles. The van der Waals surface area contributed by atoms with Gasteiger partial charge in [0.25, 0.3) is 0 Å². The third kappa shape index (κ3) is 0. The molecule has 108 valence electrons. The van der Waals surface area contributed by atoms with Gasteiger partial charge in [-0.3, -0.25) is 0 Å². The van der Waals surface area contributed by atoms with E-state index < -0.39 is 0 Å². The Hall–Kier alpha value is 0. The van der Waals surface area contributed by atoms with E-state index in [1.165, 1.54) is 25.7 Å². The van der Waals surface area contributed by atoms with Gasteiger partial charge in [0.15, 0.2) is 0 Å². The van der Waals surface area contributed by atoms with Crippen LogP contribution in [0.1, 0.15) is 109 Å². The van der Waals surface area contributed by atoms with Crippen LogP contribution in [0.2, 0.25) is 0 Å². The molecule has 0 aliphatic carbocycles. The zero-order valence-corrected chi connectivity index (χ0v) is 14.8. The van der Waals surface area contributed by atoms with Crippen molar-refractivity contribution in [2.45, 2.75) is 109 Å². The van der Waals surface area contributed by atoms with Crippen molar-refractivity contribution in [2.75, 3.05) is 0 Å². The van der Waals surface area contributed by atoms with E-state index in [0.29, 0.717) is 0 Å². The Labute approximate surface area is 109 Å². The van der Waals surface area contributed by atoms with Crippen molar-refractivity contribution in [3.05, 3.63) is 0 Å². The first-order valence-electron chi connectivity index (χ1n) is 7.66. The number of rotatable bonds is 0. The van der Waals surface area contributed by atoms with Crippen LogP contribution < -0.4 is 0 Å². The van der Waals surface area contributed by atoms with Gasteiger partial charge in [-0.05, 0) is 0 Å². The molecule has 0 fully saturated rings. The van der Waals surface area contributed by atoms with Crippen molar-refractivity contribution in [2.24, 2.45) is 0 Å². The molecular weight excluding hydrogens is 192 g/mol. The normalized spacial score (nSPS) is 5.25. The Kier molecular flexibility index (Phi) is 413. The molecule has 16 heavy (non-hydrogen) atoms. The first kappa shape index (κ1) is 36.0. The maximum absolute atomic E-state index is 2.12. The Morgan fingerprint density at radius 3 is 0.312 bits per heavy atom. The summed E-state index contributed by atoms with van der Waals surface area (Å²) in [4.78, 5) is 0. The molecule has 0 aromatic heterocycles. The summed E-state index contributed by atoms with van der Waals surface area (Å²) in [6.45, 7) is 25.0. The number of hydrogen-bond donors (Lipinski definition) is 0. The summed E-state index contributed by atoms with van der Waals surface area (Å²) in [7, 11) is 0. The molecule has 0 bridgehead atoms. The maximum atomic E-state index is 2.12. The molecule has 0 atom stereocenters. The topological polar surface area (TPSA) is 0 Å². The molecule has 0 heteroatoms. The van der Waals surface area contributed by atoms with E-state index >= 15 is 0 Å². The molecular formula is C16H44. The summed E-state index contributed by atoms with van der Waals surface area (Å²) in [5.41, 5.74) is 0. The molecule has 0 nitrogen and oxygen atoms in total. The lowest BCUT2D eigenvalue weighted by Crippen LogP contribution is -1.27. The Balaban J connectivity index is -0.0000000190. The van der Waals surface area contributed by atoms with E-state index in [-0.39, 0.29) is 0 Å². The van der Waals surface area contributed by atoms with E-state index in [1.54, 1.807) is 0 Å². The quantitative estimate of drug-likeness (QED) is 0.404. The minimum Gasteiger partial charge on any atom is -0.0683 e. The van der Waals surface area contributed by atoms with E-state index in [4.69, 9.17) is 0 Å². The molecule has 0 rings (SSSR count). The van der Waals surface area contributed by atoms with Crippen LogP contribution in [0.4, 0.5) is 0 Å². The van der Waals surface area contributed by atoms with Crippen LogP contribution in [0.25, 0.3) is 0 Å². The van der Waals surface area contributed by atoms with E-state index in [2.05, 4.69) is 55.4 Å². The van der Waals surface area contributed by atoms with Crippen LogP contribution in [-0.2, 0) is 0 Å². The first-order chi connectivity index (χ1) is 7.66. The second kappa shape index (κ2) is 184. The second-order valence-corrected chi connectivity index (χ2v) is 2.83. The zero-order chi connectivity index (χ0) is 14.8. The first-order valence-corrected chi connectivity index (χ1v) is 7.66. The summed E-state index contributed by atoms with van der Waals surface area (Å²) in [6, 6.07) is 0. The van der Waals surface area contributed by atoms with Gasteiger partial charge in [-0.25, -0.2) is 0 Å². The highest BCUT2D eigenvalue weighted by Gasteiger charge is 1.36. The van der Waals surface area contributed by atoms with Crippen molar-refractivity contribution in [3.63, 3.8) is 0 Å². The van der Waals surface area contributed by atoms with Gasteiger partial charge in [-0.15, -0.1) is 0 Å². The fourth-order valence-corrected chi connectivity index (χ4v) is 0. The van der Waals surface area contributed by atoms with E-state index in [0.717, 1.165) is 0 Å². The molecule has 0 saturated heterocycles. The third-order valence-electron chi connectivity index (χ3n) is 0. The van der Waals surface area contributed by atoms with Crippen LogP contribution >= 0.6 is 0 Å². The Morgan fingerprint density at radius 1 is 0.312 bits per heavy atom. The molecule has 0 aliphatic heterocycles. The smallest absolute Gasteiger partial charge is 0.0590 e. The minimum atomic E-state index is 1.25. The van der Waals surface area contributed by atoms with Gasteiger partial charge < -0.3 is 0 Å². The van der Waals surface area contributed by atoms with Gasteiger partial charge in [-0.1, -0.05) is 109 Å². The van der Waals surface area contributed by atoms with Crippen LogP contribution in [0.5, 0.6) is 0 Å². The molecule has 0 heterocycles. The van der Waals surface area contributed by atoms with Crippen molar-refractivity contribution in [3.8, 4) is 0 Å². The number of hydrogen-bond acceptors (Lipinski definition) is 0. The fourth-order valence-electron chi connectivity index (χ4n) is 0. The van der Waals surface area contributed by atoms with Crippen LogP contribution in [0.15, 0.2) is 0 Å². The van der Waals surface area contributed by atoms with Gasteiger partial charge >= 0.3 is 0 Å². The zero-order valence-electron chi connectivity index (χ0n) is 14.8.